The van der Waals surface area contributed by atoms with E-state index < -0.39 is 11.6 Å². The molecule has 0 amide bonds. The standard InChI is InChI=1S/C16H16O4/c1-11(18)20-16(2,10-17)14-6-4-13-9-15(19-3)7-5-12(13)8-14/h4-10H,1-3H3/t16-/m0/s1. The smallest absolute Gasteiger partial charge is 0.303 e. The minimum absolute atomic E-state index is 0.491. The number of benzene rings is 2. The van der Waals surface area contributed by atoms with Gasteiger partial charge in [0.1, 0.15) is 5.75 Å². The molecule has 20 heavy (non-hydrogen) atoms. The molecule has 2 aromatic carbocycles. The minimum atomic E-state index is -1.26. The van der Waals surface area contributed by atoms with E-state index in [0.717, 1.165) is 16.5 Å². The van der Waals surface area contributed by atoms with Crippen LogP contribution in [0.5, 0.6) is 5.75 Å². The zero-order chi connectivity index (χ0) is 14.8. The molecule has 0 N–H and O–H groups in total. The first-order valence-corrected chi connectivity index (χ1v) is 6.23. The van der Waals surface area contributed by atoms with Crippen LogP contribution in [0, 0.1) is 0 Å². The summed E-state index contributed by atoms with van der Waals surface area (Å²) in [7, 11) is 1.61. The summed E-state index contributed by atoms with van der Waals surface area (Å²) in [5, 5.41) is 1.94. The highest BCUT2D eigenvalue weighted by Crippen LogP contribution is 2.28. The molecule has 0 radical (unpaired) electrons. The van der Waals surface area contributed by atoms with Crippen LogP contribution in [0.2, 0.25) is 0 Å². The van der Waals surface area contributed by atoms with Crippen LogP contribution in [0.1, 0.15) is 19.4 Å². The number of esters is 1. The van der Waals surface area contributed by atoms with E-state index in [1.165, 1.54) is 6.92 Å². The quantitative estimate of drug-likeness (QED) is 0.634. The first kappa shape index (κ1) is 14.1. The SMILES string of the molecule is COc1ccc2cc([C@](C)(C=O)OC(C)=O)ccc2c1. The number of carbonyl (C=O) groups excluding carboxylic acids is 2. The van der Waals surface area contributed by atoms with Crippen molar-refractivity contribution in [3.8, 4) is 5.75 Å². The number of methoxy groups -OCH3 is 1. The van der Waals surface area contributed by atoms with Gasteiger partial charge in [-0.2, -0.15) is 0 Å². The third kappa shape index (κ3) is 2.64. The number of carbonyl (C=O) groups is 2. The van der Waals surface area contributed by atoms with Gasteiger partial charge in [-0.05, 0) is 35.9 Å². The number of aldehydes is 1. The fourth-order valence-electron chi connectivity index (χ4n) is 2.11. The fraction of sp³-hybridized carbons (Fsp3) is 0.250. The lowest BCUT2D eigenvalue weighted by Gasteiger charge is -2.23. The van der Waals surface area contributed by atoms with Gasteiger partial charge in [0, 0.05) is 12.5 Å². The molecule has 0 aliphatic rings. The summed E-state index contributed by atoms with van der Waals surface area (Å²) >= 11 is 0. The Bertz CT molecular complexity index is 663. The molecule has 0 saturated carbocycles. The average molecular weight is 272 g/mol. The van der Waals surface area contributed by atoms with Gasteiger partial charge in [0.25, 0.3) is 0 Å². The summed E-state index contributed by atoms with van der Waals surface area (Å²) in [4.78, 5) is 22.4. The molecule has 0 aromatic heterocycles. The first-order valence-electron chi connectivity index (χ1n) is 6.23. The van der Waals surface area contributed by atoms with E-state index in [-0.39, 0.29) is 0 Å². The lowest BCUT2D eigenvalue weighted by molar-refractivity contribution is -0.159. The van der Waals surface area contributed by atoms with E-state index in [2.05, 4.69) is 0 Å². The summed E-state index contributed by atoms with van der Waals surface area (Å²) in [6.07, 6.45) is 0.638. The molecule has 0 spiro atoms. The maximum Gasteiger partial charge on any atom is 0.303 e. The molecule has 2 aromatic rings. The fourth-order valence-corrected chi connectivity index (χ4v) is 2.11. The van der Waals surface area contributed by atoms with Crippen LogP contribution in [-0.4, -0.2) is 19.4 Å². The predicted octanol–water partition coefficient (Wildman–Crippen LogP) is 2.83. The van der Waals surface area contributed by atoms with Crippen molar-refractivity contribution in [3.05, 3.63) is 42.0 Å². The molecule has 0 aliphatic heterocycles. The van der Waals surface area contributed by atoms with E-state index in [0.29, 0.717) is 11.8 Å². The molecule has 2 rings (SSSR count). The molecule has 4 heteroatoms. The second kappa shape index (κ2) is 5.33. The van der Waals surface area contributed by atoms with E-state index in [1.54, 1.807) is 20.1 Å². The number of rotatable bonds is 4. The van der Waals surface area contributed by atoms with Gasteiger partial charge in [-0.25, -0.2) is 0 Å². The van der Waals surface area contributed by atoms with Gasteiger partial charge in [-0.1, -0.05) is 18.2 Å². The maximum absolute atomic E-state index is 11.3. The number of fused-ring (bicyclic) bond motifs is 1. The highest BCUT2D eigenvalue weighted by Gasteiger charge is 2.29. The molecule has 0 unspecified atom stereocenters. The molecule has 1 atom stereocenters. The Morgan fingerprint density at radius 2 is 1.80 bits per heavy atom. The average Bonchev–Trinajstić information content (AvgIpc) is 2.45. The van der Waals surface area contributed by atoms with Gasteiger partial charge in [0.05, 0.1) is 7.11 Å². The van der Waals surface area contributed by atoms with Crippen molar-refractivity contribution in [2.24, 2.45) is 0 Å². The number of hydrogen-bond acceptors (Lipinski definition) is 4. The molecule has 0 saturated heterocycles. The van der Waals surface area contributed by atoms with Gasteiger partial charge in [0.15, 0.2) is 11.9 Å². The third-order valence-corrected chi connectivity index (χ3v) is 3.20. The molecule has 0 bridgehead atoms. The lowest BCUT2D eigenvalue weighted by atomic mass is 9.94. The van der Waals surface area contributed by atoms with Crippen molar-refractivity contribution in [2.75, 3.05) is 7.11 Å². The maximum atomic E-state index is 11.3. The normalized spacial score (nSPS) is 13.6. The summed E-state index contributed by atoms with van der Waals surface area (Å²) in [5.74, 6) is 0.276. The van der Waals surface area contributed by atoms with Crippen molar-refractivity contribution >= 4 is 23.0 Å². The second-order valence-electron chi connectivity index (χ2n) is 4.75. The predicted molar refractivity (Wildman–Crippen MR) is 75.7 cm³/mol. The van der Waals surface area contributed by atoms with Crippen LogP contribution in [-0.2, 0) is 19.9 Å². The Hall–Kier alpha value is -2.36. The summed E-state index contributed by atoms with van der Waals surface area (Å²) in [6, 6.07) is 11.1. The van der Waals surface area contributed by atoms with Gasteiger partial charge in [-0.15, -0.1) is 0 Å². The summed E-state index contributed by atoms with van der Waals surface area (Å²) < 4.78 is 10.3. The Balaban J connectivity index is 2.50. The van der Waals surface area contributed by atoms with Crippen molar-refractivity contribution in [1.82, 2.24) is 0 Å². The van der Waals surface area contributed by atoms with Crippen LogP contribution in [0.25, 0.3) is 10.8 Å². The molecule has 4 nitrogen and oxygen atoms in total. The van der Waals surface area contributed by atoms with E-state index in [1.807, 2.05) is 30.3 Å². The Kier molecular flexibility index (Phi) is 3.74. The van der Waals surface area contributed by atoms with E-state index in [4.69, 9.17) is 9.47 Å². The molecular formula is C16H16O4. The van der Waals surface area contributed by atoms with Crippen LogP contribution in [0.4, 0.5) is 0 Å². The Morgan fingerprint density at radius 1 is 1.15 bits per heavy atom. The Labute approximate surface area is 117 Å². The van der Waals surface area contributed by atoms with Crippen LogP contribution < -0.4 is 4.74 Å². The van der Waals surface area contributed by atoms with Crippen molar-refractivity contribution in [3.63, 3.8) is 0 Å². The van der Waals surface area contributed by atoms with Crippen LogP contribution in [0.3, 0.4) is 0 Å². The third-order valence-electron chi connectivity index (χ3n) is 3.20. The van der Waals surface area contributed by atoms with Gasteiger partial charge >= 0.3 is 5.97 Å². The van der Waals surface area contributed by atoms with Crippen molar-refractivity contribution in [1.29, 1.82) is 0 Å². The van der Waals surface area contributed by atoms with Gasteiger partial charge in [-0.3, -0.25) is 9.59 Å². The van der Waals surface area contributed by atoms with Gasteiger partial charge in [0.2, 0.25) is 0 Å². The molecule has 104 valence electrons. The minimum Gasteiger partial charge on any atom is -0.497 e. The topological polar surface area (TPSA) is 52.6 Å². The van der Waals surface area contributed by atoms with Gasteiger partial charge < -0.3 is 9.47 Å². The zero-order valence-corrected chi connectivity index (χ0v) is 11.7. The van der Waals surface area contributed by atoms with Crippen LogP contribution in [0.15, 0.2) is 36.4 Å². The highest BCUT2D eigenvalue weighted by molar-refractivity contribution is 5.86. The summed E-state index contributed by atoms with van der Waals surface area (Å²) in [6.45, 7) is 2.86. The molecular weight excluding hydrogens is 256 g/mol. The van der Waals surface area contributed by atoms with E-state index in [9.17, 15) is 9.59 Å². The molecule has 0 fully saturated rings. The number of hydrogen-bond donors (Lipinski definition) is 0. The monoisotopic (exact) mass is 272 g/mol. The Morgan fingerprint density at radius 3 is 2.40 bits per heavy atom. The van der Waals surface area contributed by atoms with Crippen molar-refractivity contribution < 1.29 is 19.1 Å². The lowest BCUT2D eigenvalue weighted by Crippen LogP contribution is -2.29. The van der Waals surface area contributed by atoms with Crippen molar-refractivity contribution in [2.45, 2.75) is 19.4 Å². The molecule has 0 aliphatic carbocycles. The summed E-state index contributed by atoms with van der Waals surface area (Å²) in [5.41, 5.74) is -0.625. The highest BCUT2D eigenvalue weighted by atomic mass is 16.6. The van der Waals surface area contributed by atoms with Crippen LogP contribution >= 0.6 is 0 Å². The molecule has 0 heterocycles. The zero-order valence-electron chi connectivity index (χ0n) is 11.7. The number of ether oxygens (including phenoxy) is 2. The second-order valence-corrected chi connectivity index (χ2v) is 4.75. The largest absolute Gasteiger partial charge is 0.497 e. The first-order chi connectivity index (χ1) is 9.48. The van der Waals surface area contributed by atoms with E-state index >= 15 is 0 Å².